The third kappa shape index (κ3) is 5.68. The lowest BCUT2D eigenvalue weighted by atomic mass is 9.95. The number of esters is 1. The Morgan fingerprint density at radius 3 is 2.79 bits per heavy atom. The zero-order valence-corrected chi connectivity index (χ0v) is 16.8. The van der Waals surface area contributed by atoms with Gasteiger partial charge in [0.15, 0.2) is 5.60 Å². The number of piperidine rings is 1. The Kier molecular flexibility index (Phi) is 6.84. The molecule has 1 N–H and O–H groups in total. The van der Waals surface area contributed by atoms with Crippen LogP contribution in [0.3, 0.4) is 0 Å². The molecule has 0 bridgehead atoms. The second-order valence-corrected chi connectivity index (χ2v) is 7.71. The highest BCUT2D eigenvalue weighted by Crippen LogP contribution is 2.19. The number of aromatic nitrogens is 1. The Morgan fingerprint density at radius 2 is 2.07 bits per heavy atom. The Hall–Kier alpha value is -2.64. The first-order chi connectivity index (χ1) is 13.6. The average molecular weight is 378 g/mol. The molecular formula is C24H29N2O2+. The van der Waals surface area contributed by atoms with E-state index < -0.39 is 5.60 Å². The number of nitrogens with zero attached hydrogens (tertiary/aromatic N) is 1. The third-order valence-corrected chi connectivity index (χ3v) is 5.24. The van der Waals surface area contributed by atoms with Gasteiger partial charge in [0.05, 0.1) is 6.54 Å². The normalized spacial score (nSPS) is 21.1. The summed E-state index contributed by atoms with van der Waals surface area (Å²) in [7, 11) is 0. The molecule has 0 saturated carbocycles. The minimum Gasteiger partial charge on any atom is -0.446 e. The number of benzene rings is 1. The van der Waals surface area contributed by atoms with E-state index in [2.05, 4.69) is 22.9 Å². The van der Waals surface area contributed by atoms with Gasteiger partial charge < -0.3 is 9.64 Å². The van der Waals surface area contributed by atoms with Crippen LogP contribution in [-0.2, 0) is 16.0 Å². The zero-order valence-electron chi connectivity index (χ0n) is 16.8. The van der Waals surface area contributed by atoms with Crippen LogP contribution in [0.15, 0.2) is 54.9 Å². The predicted octanol–water partition coefficient (Wildman–Crippen LogP) is 2.76. The second kappa shape index (κ2) is 9.52. The Labute approximate surface area is 167 Å². The Bertz CT molecular complexity index is 826. The number of nitrogens with one attached hydrogen (secondary N) is 1. The molecule has 1 aliphatic rings. The fourth-order valence-electron chi connectivity index (χ4n) is 4.03. The maximum absolute atomic E-state index is 11.6. The lowest BCUT2D eigenvalue weighted by Gasteiger charge is -2.31. The quantitative estimate of drug-likeness (QED) is 0.644. The van der Waals surface area contributed by atoms with E-state index in [0.29, 0.717) is 12.5 Å². The van der Waals surface area contributed by atoms with Gasteiger partial charge in [0, 0.05) is 37.7 Å². The number of rotatable bonds is 5. The van der Waals surface area contributed by atoms with E-state index in [-0.39, 0.29) is 5.97 Å². The van der Waals surface area contributed by atoms with Crippen LogP contribution in [0, 0.1) is 11.8 Å². The fraction of sp³-hybridized carbons (Fsp3) is 0.417. The van der Waals surface area contributed by atoms with Crippen LogP contribution in [0.25, 0.3) is 0 Å². The van der Waals surface area contributed by atoms with Gasteiger partial charge in [0.1, 0.15) is 12.6 Å². The first-order valence-corrected chi connectivity index (χ1v) is 10.0. The maximum Gasteiger partial charge on any atom is 0.304 e. The van der Waals surface area contributed by atoms with Gasteiger partial charge in [-0.1, -0.05) is 36.4 Å². The van der Waals surface area contributed by atoms with E-state index in [4.69, 9.17) is 4.74 Å². The van der Waals surface area contributed by atoms with Gasteiger partial charge in [0.2, 0.25) is 0 Å². The van der Waals surface area contributed by atoms with E-state index in [1.54, 1.807) is 0 Å². The number of carbonyl (C=O) groups excluding carboxylic acids is 1. The molecule has 1 aromatic carbocycles. The predicted molar refractivity (Wildman–Crippen MR) is 110 cm³/mol. The molecule has 0 radical (unpaired) electrons. The molecule has 2 heterocycles. The smallest absolute Gasteiger partial charge is 0.304 e. The van der Waals surface area contributed by atoms with E-state index in [0.717, 1.165) is 25.1 Å². The molecule has 146 valence electrons. The van der Waals surface area contributed by atoms with Crippen molar-refractivity contribution in [3.63, 3.8) is 0 Å². The van der Waals surface area contributed by atoms with Crippen LogP contribution in [-0.4, -0.2) is 29.6 Å². The molecule has 0 spiro atoms. The molecule has 1 fully saturated rings. The summed E-state index contributed by atoms with van der Waals surface area (Å²) < 4.78 is 5.61. The van der Waals surface area contributed by atoms with Crippen molar-refractivity contribution in [3.05, 3.63) is 66.0 Å². The molecule has 1 aliphatic heterocycles. The zero-order chi connectivity index (χ0) is 19.8. The summed E-state index contributed by atoms with van der Waals surface area (Å²) in [4.78, 5) is 17.4. The molecule has 3 rings (SSSR count). The monoisotopic (exact) mass is 377 g/mol. The van der Waals surface area contributed by atoms with Crippen molar-refractivity contribution < 1.29 is 14.4 Å². The number of quaternary nitrogens is 1. The summed E-state index contributed by atoms with van der Waals surface area (Å²) in [5.74, 6) is 6.30. The number of hydrogen-bond acceptors (Lipinski definition) is 3. The van der Waals surface area contributed by atoms with Crippen LogP contribution < -0.4 is 4.90 Å². The van der Waals surface area contributed by atoms with Crippen LogP contribution >= 0.6 is 0 Å². The molecular weight excluding hydrogens is 348 g/mol. The van der Waals surface area contributed by atoms with E-state index in [1.807, 2.05) is 55.7 Å². The van der Waals surface area contributed by atoms with Crippen molar-refractivity contribution in [3.8, 4) is 11.8 Å². The molecule has 4 nitrogen and oxygen atoms in total. The Morgan fingerprint density at radius 1 is 1.25 bits per heavy atom. The maximum atomic E-state index is 11.6. The lowest BCUT2D eigenvalue weighted by molar-refractivity contribution is -0.930. The van der Waals surface area contributed by atoms with Gasteiger partial charge in [-0.2, -0.15) is 0 Å². The molecule has 1 saturated heterocycles. The fourth-order valence-corrected chi connectivity index (χ4v) is 4.03. The average Bonchev–Trinajstić information content (AvgIpc) is 2.69. The van der Waals surface area contributed by atoms with Crippen LogP contribution in [0.5, 0.6) is 0 Å². The van der Waals surface area contributed by atoms with Crippen molar-refractivity contribution in [2.45, 2.75) is 51.2 Å². The third-order valence-electron chi connectivity index (χ3n) is 5.24. The summed E-state index contributed by atoms with van der Waals surface area (Å²) >= 11 is 0. The van der Waals surface area contributed by atoms with Crippen molar-refractivity contribution in [2.24, 2.45) is 0 Å². The minimum absolute atomic E-state index is 0.300. The van der Waals surface area contributed by atoms with E-state index in [9.17, 15) is 4.79 Å². The topological polar surface area (TPSA) is 43.6 Å². The van der Waals surface area contributed by atoms with Crippen molar-refractivity contribution in [1.29, 1.82) is 0 Å². The number of likely N-dealkylation sites (tertiary alicyclic amines) is 1. The van der Waals surface area contributed by atoms with Gasteiger partial charge in [0.25, 0.3) is 0 Å². The van der Waals surface area contributed by atoms with E-state index in [1.165, 1.54) is 30.2 Å². The molecule has 0 aliphatic carbocycles. The molecule has 1 unspecified atom stereocenters. The molecule has 3 atom stereocenters. The van der Waals surface area contributed by atoms with Gasteiger partial charge in [-0.05, 0) is 43.2 Å². The number of ether oxygens (including phenoxy) is 1. The first kappa shape index (κ1) is 20.1. The van der Waals surface area contributed by atoms with Crippen molar-refractivity contribution >= 4 is 5.97 Å². The lowest BCUT2D eigenvalue weighted by Crippen LogP contribution is -3.13. The van der Waals surface area contributed by atoms with Crippen LogP contribution in [0.4, 0.5) is 0 Å². The summed E-state index contributed by atoms with van der Waals surface area (Å²) in [5, 5.41) is 0. The van der Waals surface area contributed by atoms with Gasteiger partial charge in [-0.25, -0.2) is 0 Å². The van der Waals surface area contributed by atoms with E-state index >= 15 is 0 Å². The minimum atomic E-state index is -0.813. The summed E-state index contributed by atoms with van der Waals surface area (Å²) in [5.41, 5.74) is 1.58. The molecule has 2 aromatic rings. The van der Waals surface area contributed by atoms with Crippen LogP contribution in [0.1, 0.15) is 50.3 Å². The number of pyridine rings is 1. The summed E-state index contributed by atoms with van der Waals surface area (Å²) in [6, 6.07) is 14.7. The molecule has 28 heavy (non-hydrogen) atoms. The molecule has 1 aromatic heterocycles. The van der Waals surface area contributed by atoms with Gasteiger partial charge >= 0.3 is 5.97 Å². The second-order valence-electron chi connectivity index (χ2n) is 7.71. The summed E-state index contributed by atoms with van der Waals surface area (Å²) in [6.07, 6.45) is 8.01. The molecule has 0 amide bonds. The number of carbonyl (C=O) groups is 1. The van der Waals surface area contributed by atoms with Crippen LogP contribution in [0.2, 0.25) is 0 Å². The highest BCUT2D eigenvalue weighted by Gasteiger charge is 2.28. The molecule has 4 heteroatoms. The largest absolute Gasteiger partial charge is 0.446 e. The summed E-state index contributed by atoms with van der Waals surface area (Å²) in [6.45, 7) is 5.19. The van der Waals surface area contributed by atoms with Gasteiger partial charge in [-0.3, -0.25) is 9.78 Å². The van der Waals surface area contributed by atoms with Crippen molar-refractivity contribution in [2.75, 3.05) is 13.1 Å². The van der Waals surface area contributed by atoms with Gasteiger partial charge in [-0.15, -0.1) is 0 Å². The first-order valence-electron chi connectivity index (χ1n) is 10.0. The number of hydrogen-bond donors (Lipinski definition) is 1. The highest BCUT2D eigenvalue weighted by molar-refractivity contribution is 5.67. The Balaban J connectivity index is 1.73. The highest BCUT2D eigenvalue weighted by atomic mass is 16.6. The SMILES string of the molecule is CC(=O)O[C@@](C)(C#CC[NH+]1CCCC[C@@H]1c1cccnc1)Cc1ccccc1. The van der Waals surface area contributed by atoms with Crippen molar-refractivity contribution in [1.82, 2.24) is 4.98 Å². The standard InChI is InChI=1S/C24H28N2O2/c1-20(27)28-24(2,18-21-10-4-3-5-11-21)14-9-17-26-16-7-6-13-23(26)22-12-8-15-25-19-22/h3-5,8,10-12,15,19,23H,6-7,13,16-18H2,1-2H3/p+1/t23-,24+/m1/s1.